The highest BCUT2D eigenvalue weighted by Crippen LogP contribution is 2.20. The van der Waals surface area contributed by atoms with Crippen LogP contribution in [0.15, 0.2) is 51.9 Å². The van der Waals surface area contributed by atoms with Gasteiger partial charge < -0.3 is 4.57 Å². The molecular formula is C17H14BrFN2OS. The molecule has 1 amide bonds. The van der Waals surface area contributed by atoms with Crippen LogP contribution in [0.4, 0.5) is 4.39 Å². The third kappa shape index (κ3) is 3.28. The van der Waals surface area contributed by atoms with Gasteiger partial charge in [-0.1, -0.05) is 30.4 Å². The highest BCUT2D eigenvalue weighted by molar-refractivity contribution is 9.10. The van der Waals surface area contributed by atoms with Crippen molar-refractivity contribution in [2.45, 2.75) is 19.9 Å². The van der Waals surface area contributed by atoms with Crippen LogP contribution in [0.3, 0.4) is 0 Å². The minimum atomic E-state index is -0.311. The molecule has 0 N–H and O–H groups in total. The average molecular weight is 393 g/mol. The number of aryl methyl sites for hydroxylation is 1. The molecule has 3 aromatic rings. The third-order valence-corrected chi connectivity index (χ3v) is 5.13. The Hall–Kier alpha value is -1.79. The molecule has 1 heterocycles. The number of carbonyl (C=O) groups is 1. The summed E-state index contributed by atoms with van der Waals surface area (Å²) in [7, 11) is 0. The van der Waals surface area contributed by atoms with Crippen LogP contribution in [0.25, 0.3) is 10.2 Å². The lowest BCUT2D eigenvalue weighted by Gasteiger charge is -2.03. The first-order valence-electron chi connectivity index (χ1n) is 7.22. The fourth-order valence-electron chi connectivity index (χ4n) is 2.35. The van der Waals surface area contributed by atoms with Gasteiger partial charge in [-0.05, 0) is 52.7 Å². The number of halogens is 2. The molecule has 0 aliphatic rings. The Morgan fingerprint density at radius 1 is 1.30 bits per heavy atom. The lowest BCUT2D eigenvalue weighted by atomic mass is 10.2. The third-order valence-electron chi connectivity index (χ3n) is 3.39. The molecule has 3 rings (SSSR count). The summed E-state index contributed by atoms with van der Waals surface area (Å²) in [6.45, 7) is 2.78. The van der Waals surface area contributed by atoms with Crippen molar-refractivity contribution in [2.75, 3.05) is 0 Å². The van der Waals surface area contributed by atoms with Gasteiger partial charge in [-0.3, -0.25) is 4.79 Å². The fourth-order valence-corrected chi connectivity index (χ4v) is 3.89. The predicted molar refractivity (Wildman–Crippen MR) is 94.1 cm³/mol. The second kappa shape index (κ2) is 6.76. The summed E-state index contributed by atoms with van der Waals surface area (Å²) in [5, 5.41) is 0. The molecule has 0 atom stereocenters. The lowest BCUT2D eigenvalue weighted by Crippen LogP contribution is -2.17. The molecule has 23 heavy (non-hydrogen) atoms. The van der Waals surface area contributed by atoms with E-state index < -0.39 is 0 Å². The van der Waals surface area contributed by atoms with Crippen LogP contribution in [0.1, 0.15) is 23.7 Å². The van der Waals surface area contributed by atoms with Gasteiger partial charge in [0.25, 0.3) is 5.91 Å². The number of rotatable bonds is 3. The highest BCUT2D eigenvalue weighted by atomic mass is 79.9. The monoisotopic (exact) mass is 392 g/mol. The van der Waals surface area contributed by atoms with Gasteiger partial charge in [-0.2, -0.15) is 4.99 Å². The van der Waals surface area contributed by atoms with Crippen LogP contribution in [-0.4, -0.2) is 10.5 Å². The van der Waals surface area contributed by atoms with Crippen LogP contribution in [0.5, 0.6) is 0 Å². The van der Waals surface area contributed by atoms with Crippen molar-refractivity contribution in [3.63, 3.8) is 0 Å². The van der Waals surface area contributed by atoms with Crippen LogP contribution in [-0.2, 0) is 6.54 Å². The van der Waals surface area contributed by atoms with E-state index in [4.69, 9.17) is 0 Å². The Labute approximate surface area is 145 Å². The van der Waals surface area contributed by atoms with Crippen molar-refractivity contribution in [3.8, 4) is 0 Å². The summed E-state index contributed by atoms with van der Waals surface area (Å²) in [5.74, 6) is -0.597. The summed E-state index contributed by atoms with van der Waals surface area (Å²) in [6.07, 6.45) is 0.902. The predicted octanol–water partition coefficient (Wildman–Crippen LogP) is 4.76. The average Bonchev–Trinajstić information content (AvgIpc) is 2.84. The van der Waals surface area contributed by atoms with Gasteiger partial charge in [0.1, 0.15) is 5.82 Å². The first-order valence-corrected chi connectivity index (χ1v) is 8.83. The minimum Gasteiger partial charge on any atom is -0.316 e. The lowest BCUT2D eigenvalue weighted by molar-refractivity contribution is 0.0997. The molecule has 3 nitrogen and oxygen atoms in total. The van der Waals surface area contributed by atoms with Gasteiger partial charge in [0.15, 0.2) is 4.80 Å². The van der Waals surface area contributed by atoms with Crippen LogP contribution in [0, 0.1) is 5.82 Å². The molecule has 0 bridgehead atoms. The second-order valence-corrected chi connectivity index (χ2v) is 6.91. The first-order chi connectivity index (χ1) is 11.1. The molecule has 6 heteroatoms. The zero-order valence-electron chi connectivity index (χ0n) is 12.4. The van der Waals surface area contributed by atoms with Crippen LogP contribution in [0.2, 0.25) is 0 Å². The van der Waals surface area contributed by atoms with Crippen LogP contribution < -0.4 is 4.80 Å². The minimum absolute atomic E-state index is 0.286. The molecule has 2 aromatic carbocycles. The molecule has 0 radical (unpaired) electrons. The van der Waals surface area contributed by atoms with E-state index in [0.717, 1.165) is 23.2 Å². The van der Waals surface area contributed by atoms with Gasteiger partial charge in [-0.25, -0.2) is 4.39 Å². The Bertz CT molecular complexity index is 945. The Morgan fingerprint density at radius 3 is 2.83 bits per heavy atom. The van der Waals surface area contributed by atoms with Gasteiger partial charge in [0.05, 0.1) is 15.8 Å². The summed E-state index contributed by atoms with van der Waals surface area (Å²) >= 11 is 4.70. The zero-order chi connectivity index (χ0) is 16.4. The number of thiazole rings is 1. The van der Waals surface area contributed by atoms with Gasteiger partial charge in [0.2, 0.25) is 0 Å². The van der Waals surface area contributed by atoms with Gasteiger partial charge >= 0.3 is 0 Å². The van der Waals surface area contributed by atoms with E-state index in [9.17, 15) is 9.18 Å². The van der Waals surface area contributed by atoms with Crippen molar-refractivity contribution < 1.29 is 9.18 Å². The first kappa shape index (κ1) is 16.1. The van der Waals surface area contributed by atoms with E-state index in [2.05, 4.69) is 27.8 Å². The number of carbonyl (C=O) groups excluding carboxylic acids is 1. The zero-order valence-corrected chi connectivity index (χ0v) is 14.8. The maximum Gasteiger partial charge on any atom is 0.280 e. The molecule has 0 saturated carbocycles. The molecule has 0 aliphatic heterocycles. The SMILES string of the molecule is CCCn1c(=NC(=O)c2ccccc2Br)sc2cc(F)ccc21. The van der Waals surface area contributed by atoms with E-state index in [1.807, 2.05) is 16.7 Å². The topological polar surface area (TPSA) is 34.4 Å². The number of hydrogen-bond acceptors (Lipinski definition) is 2. The summed E-state index contributed by atoms with van der Waals surface area (Å²) in [4.78, 5) is 17.3. The quantitative estimate of drug-likeness (QED) is 0.632. The van der Waals surface area contributed by atoms with E-state index >= 15 is 0 Å². The molecule has 118 valence electrons. The highest BCUT2D eigenvalue weighted by Gasteiger charge is 2.11. The van der Waals surface area contributed by atoms with E-state index in [0.29, 0.717) is 14.8 Å². The number of hydrogen-bond donors (Lipinski definition) is 0. The number of fused-ring (bicyclic) bond motifs is 1. The standard InChI is InChI=1S/C17H14BrFN2OS/c1-2-9-21-14-8-7-11(19)10-15(14)23-17(21)20-16(22)12-5-3-4-6-13(12)18/h3-8,10H,2,9H2,1H3. The molecule has 0 fully saturated rings. The van der Waals surface area contributed by atoms with Crippen molar-refractivity contribution in [3.05, 3.63) is 63.1 Å². The van der Waals surface area contributed by atoms with E-state index in [1.165, 1.54) is 23.5 Å². The van der Waals surface area contributed by atoms with E-state index in [-0.39, 0.29) is 11.7 Å². The van der Waals surface area contributed by atoms with Crippen molar-refractivity contribution in [2.24, 2.45) is 4.99 Å². The number of aromatic nitrogens is 1. The maximum atomic E-state index is 13.4. The number of amides is 1. The molecule has 0 aliphatic carbocycles. The van der Waals surface area contributed by atoms with Crippen LogP contribution >= 0.6 is 27.3 Å². The Balaban J connectivity index is 2.16. The summed E-state index contributed by atoms with van der Waals surface area (Å²) < 4.78 is 16.9. The van der Waals surface area contributed by atoms with Crippen molar-refractivity contribution in [1.82, 2.24) is 4.57 Å². The summed E-state index contributed by atoms with van der Waals surface area (Å²) in [6, 6.07) is 11.8. The normalized spacial score (nSPS) is 12.0. The molecule has 0 unspecified atom stereocenters. The smallest absolute Gasteiger partial charge is 0.280 e. The largest absolute Gasteiger partial charge is 0.316 e. The van der Waals surface area contributed by atoms with Gasteiger partial charge in [0, 0.05) is 11.0 Å². The fraction of sp³-hybridized carbons (Fsp3) is 0.176. The molecule has 0 spiro atoms. The number of nitrogens with zero attached hydrogens (tertiary/aromatic N) is 2. The number of benzene rings is 2. The summed E-state index contributed by atoms with van der Waals surface area (Å²) in [5.41, 5.74) is 1.41. The Kier molecular flexibility index (Phi) is 4.73. The van der Waals surface area contributed by atoms with Crippen molar-refractivity contribution >= 4 is 43.4 Å². The molecule has 1 aromatic heterocycles. The van der Waals surface area contributed by atoms with Crippen molar-refractivity contribution in [1.29, 1.82) is 0 Å². The van der Waals surface area contributed by atoms with Gasteiger partial charge in [-0.15, -0.1) is 0 Å². The Morgan fingerprint density at radius 2 is 2.09 bits per heavy atom. The maximum absolute atomic E-state index is 13.4. The molecule has 0 saturated heterocycles. The molecular weight excluding hydrogens is 379 g/mol. The second-order valence-electron chi connectivity index (χ2n) is 5.05. The van der Waals surface area contributed by atoms with E-state index in [1.54, 1.807) is 18.2 Å².